The molecule has 48 heavy (non-hydrogen) atoms. The average molecular weight is 670 g/mol. The van der Waals surface area contributed by atoms with Gasteiger partial charge in [0.25, 0.3) is 0 Å². The van der Waals surface area contributed by atoms with Gasteiger partial charge < -0.3 is 34.7 Å². The number of methoxy groups -OCH3 is 2. The van der Waals surface area contributed by atoms with Gasteiger partial charge in [0.05, 0.1) is 38.8 Å². The van der Waals surface area contributed by atoms with Crippen molar-refractivity contribution in [2.24, 2.45) is 23.2 Å². The zero-order valence-electron chi connectivity index (χ0n) is 30.4. The largest absolute Gasteiger partial charge is 0.493 e. The number of amides is 3. The lowest BCUT2D eigenvalue weighted by atomic mass is 9.47. The van der Waals surface area contributed by atoms with Crippen LogP contribution < -0.4 is 25.4 Å². The topological polar surface area (TPSA) is 124 Å². The quantitative estimate of drug-likeness (QED) is 0.126. The second-order valence-electron chi connectivity index (χ2n) is 15.1. The Hall–Kier alpha value is -2.79. The van der Waals surface area contributed by atoms with Gasteiger partial charge in [0.1, 0.15) is 6.04 Å². The van der Waals surface area contributed by atoms with Crippen LogP contribution in [0.5, 0.6) is 11.5 Å². The summed E-state index contributed by atoms with van der Waals surface area (Å²) in [4.78, 5) is 40.0. The fourth-order valence-corrected chi connectivity index (χ4v) is 7.75. The standard InChI is InChI=1S/C37H60BN3O7/c1-8-9-10-11-12-13-14-15-33(42)40-28(23-39-34(43)20-25-16-17-29(45-6)30(19-25)46-7)36(44)41-32(18-24(2)3)38-47-31-22-26-21-27(35(31)48-38)37(26,4)5/h16-17,19,24,26-28,31-32,35H,8-15,18,20-23H2,1-7H3,(H,39,43)(H,40,42)(H,41,44)/t26-,27+,28-,31?,32?,35?/m0/s1. The van der Waals surface area contributed by atoms with E-state index in [2.05, 4.69) is 50.6 Å². The van der Waals surface area contributed by atoms with Crippen molar-refractivity contribution in [3.63, 3.8) is 0 Å². The zero-order chi connectivity index (χ0) is 34.8. The van der Waals surface area contributed by atoms with Gasteiger partial charge in [0, 0.05) is 13.0 Å². The lowest BCUT2D eigenvalue weighted by Gasteiger charge is -2.60. The van der Waals surface area contributed by atoms with Gasteiger partial charge >= 0.3 is 7.12 Å². The Morgan fingerprint density at radius 2 is 1.65 bits per heavy atom. The molecule has 6 atom stereocenters. The summed E-state index contributed by atoms with van der Waals surface area (Å²) < 4.78 is 23.7. The number of benzene rings is 1. The second-order valence-corrected chi connectivity index (χ2v) is 15.1. The molecule has 3 saturated carbocycles. The summed E-state index contributed by atoms with van der Waals surface area (Å²) >= 11 is 0. The smallest absolute Gasteiger partial charge is 0.481 e. The summed E-state index contributed by atoms with van der Waals surface area (Å²) in [7, 11) is 2.56. The third-order valence-corrected chi connectivity index (χ3v) is 10.8. The summed E-state index contributed by atoms with van der Waals surface area (Å²) in [6.07, 6.45) is 11.0. The number of nitrogens with one attached hydrogen (secondary N) is 3. The van der Waals surface area contributed by atoms with Gasteiger partial charge in [-0.15, -0.1) is 0 Å². The summed E-state index contributed by atoms with van der Waals surface area (Å²) in [5, 5.41) is 8.96. The molecule has 0 aromatic heterocycles. The molecule has 5 rings (SSSR count). The second kappa shape index (κ2) is 17.7. The maximum atomic E-state index is 13.9. The number of carbonyl (C=O) groups is 3. The maximum Gasteiger partial charge on any atom is 0.481 e. The average Bonchev–Trinajstić information content (AvgIpc) is 3.50. The zero-order valence-corrected chi connectivity index (χ0v) is 30.4. The highest BCUT2D eigenvalue weighted by molar-refractivity contribution is 6.47. The fraction of sp³-hybridized carbons (Fsp3) is 0.757. The van der Waals surface area contributed by atoms with E-state index in [9.17, 15) is 14.4 Å². The molecular weight excluding hydrogens is 609 g/mol. The van der Waals surface area contributed by atoms with Crippen LogP contribution in [-0.4, -0.2) is 69.8 Å². The van der Waals surface area contributed by atoms with Crippen LogP contribution in [0.3, 0.4) is 0 Å². The van der Waals surface area contributed by atoms with Crippen LogP contribution in [0.1, 0.15) is 111 Å². The molecule has 4 aliphatic rings. The van der Waals surface area contributed by atoms with Gasteiger partial charge in [0.15, 0.2) is 11.5 Å². The molecule has 3 unspecified atom stereocenters. The molecule has 10 nitrogen and oxygen atoms in total. The Labute approximate surface area is 288 Å². The molecule has 3 N–H and O–H groups in total. The Balaban J connectivity index is 1.38. The van der Waals surface area contributed by atoms with E-state index >= 15 is 0 Å². The van der Waals surface area contributed by atoms with Crippen LogP contribution in [0.15, 0.2) is 18.2 Å². The van der Waals surface area contributed by atoms with Gasteiger partial charge in [-0.2, -0.15) is 0 Å². The third-order valence-electron chi connectivity index (χ3n) is 10.8. The molecular formula is C37H60BN3O7. The Bertz CT molecular complexity index is 1230. The number of rotatable bonds is 20. The molecule has 1 aromatic rings. The van der Waals surface area contributed by atoms with E-state index in [1.807, 2.05) is 0 Å². The molecule has 11 heteroatoms. The minimum atomic E-state index is -0.943. The number of carbonyl (C=O) groups excluding carboxylic acids is 3. The van der Waals surface area contributed by atoms with Crippen molar-refractivity contribution in [2.75, 3.05) is 20.8 Å². The van der Waals surface area contributed by atoms with Crippen molar-refractivity contribution in [3.8, 4) is 11.5 Å². The Morgan fingerprint density at radius 1 is 0.938 bits per heavy atom. The third kappa shape index (κ3) is 9.90. The van der Waals surface area contributed by atoms with E-state index in [1.165, 1.54) is 32.1 Å². The highest BCUT2D eigenvalue weighted by atomic mass is 16.7. The van der Waals surface area contributed by atoms with Crippen LogP contribution in [0, 0.1) is 23.2 Å². The van der Waals surface area contributed by atoms with Gasteiger partial charge in [0.2, 0.25) is 17.7 Å². The van der Waals surface area contributed by atoms with Gasteiger partial charge in [-0.05, 0) is 66.5 Å². The lowest BCUT2D eigenvalue weighted by molar-refractivity contribution is -0.150. The number of hydrogen-bond acceptors (Lipinski definition) is 7. The first kappa shape index (κ1) is 38.0. The molecule has 3 amide bonds. The van der Waals surface area contributed by atoms with Crippen molar-refractivity contribution in [3.05, 3.63) is 23.8 Å². The molecule has 1 heterocycles. The van der Waals surface area contributed by atoms with Crippen molar-refractivity contribution >= 4 is 24.8 Å². The maximum absolute atomic E-state index is 13.9. The van der Waals surface area contributed by atoms with Crippen molar-refractivity contribution in [1.82, 2.24) is 16.0 Å². The van der Waals surface area contributed by atoms with Crippen LogP contribution in [0.2, 0.25) is 0 Å². The SMILES string of the molecule is CCCCCCCCCC(=O)N[C@@H](CNC(=O)Cc1ccc(OC)c(OC)c1)C(=O)NC(CC(C)C)B1OC2C[C@@H]3C[C@H](C2O1)C3(C)C. The van der Waals surface area contributed by atoms with Crippen LogP contribution in [-0.2, 0) is 30.1 Å². The van der Waals surface area contributed by atoms with Gasteiger partial charge in [-0.25, -0.2) is 0 Å². The first-order valence-corrected chi connectivity index (χ1v) is 18.3. The molecule has 2 bridgehead atoms. The molecule has 268 valence electrons. The minimum Gasteiger partial charge on any atom is -0.493 e. The molecule has 4 fully saturated rings. The van der Waals surface area contributed by atoms with Crippen molar-refractivity contribution < 1.29 is 33.2 Å². The first-order valence-electron chi connectivity index (χ1n) is 18.3. The summed E-state index contributed by atoms with van der Waals surface area (Å²) in [6, 6.07) is 4.37. The van der Waals surface area contributed by atoms with E-state index in [0.29, 0.717) is 36.2 Å². The fourth-order valence-electron chi connectivity index (χ4n) is 7.75. The van der Waals surface area contributed by atoms with E-state index < -0.39 is 13.2 Å². The van der Waals surface area contributed by atoms with Crippen LogP contribution >= 0.6 is 0 Å². The lowest BCUT2D eigenvalue weighted by Crippen LogP contribution is -2.59. The first-order chi connectivity index (χ1) is 23.0. The highest BCUT2D eigenvalue weighted by Crippen LogP contribution is 2.61. The molecule has 1 aromatic carbocycles. The monoisotopic (exact) mass is 669 g/mol. The van der Waals surface area contributed by atoms with Crippen molar-refractivity contribution in [2.45, 2.75) is 136 Å². The molecule has 1 aliphatic heterocycles. The van der Waals surface area contributed by atoms with E-state index in [0.717, 1.165) is 31.2 Å². The van der Waals surface area contributed by atoms with E-state index in [4.69, 9.17) is 18.8 Å². The number of unbranched alkanes of at least 4 members (excludes halogenated alkanes) is 6. The number of hydrogen-bond donors (Lipinski definition) is 3. The van der Waals surface area contributed by atoms with Gasteiger partial charge in [-0.1, -0.05) is 79.2 Å². The summed E-state index contributed by atoms with van der Waals surface area (Å²) in [5.74, 6) is 1.29. The highest BCUT2D eigenvalue weighted by Gasteiger charge is 2.62. The van der Waals surface area contributed by atoms with E-state index in [-0.39, 0.29) is 60.2 Å². The Morgan fingerprint density at radius 3 is 2.31 bits per heavy atom. The normalized spacial score (nSPS) is 23.5. The predicted molar refractivity (Wildman–Crippen MR) is 188 cm³/mol. The predicted octanol–water partition coefficient (Wildman–Crippen LogP) is 5.40. The van der Waals surface area contributed by atoms with Crippen molar-refractivity contribution in [1.29, 1.82) is 0 Å². The minimum absolute atomic E-state index is 0.0369. The van der Waals surface area contributed by atoms with Crippen LogP contribution in [0.4, 0.5) is 0 Å². The Kier molecular flexibility index (Phi) is 14.1. The molecule has 1 saturated heterocycles. The van der Waals surface area contributed by atoms with E-state index in [1.54, 1.807) is 32.4 Å². The molecule has 0 spiro atoms. The molecule has 0 radical (unpaired) electrons. The van der Waals surface area contributed by atoms with Crippen LogP contribution in [0.25, 0.3) is 0 Å². The number of ether oxygens (including phenoxy) is 2. The van der Waals surface area contributed by atoms with Gasteiger partial charge in [-0.3, -0.25) is 14.4 Å². The molecule has 3 aliphatic carbocycles. The summed E-state index contributed by atoms with van der Waals surface area (Å²) in [5.41, 5.74) is 0.986. The summed E-state index contributed by atoms with van der Waals surface area (Å²) in [6.45, 7) is 11.0.